The van der Waals surface area contributed by atoms with E-state index in [1.807, 2.05) is 0 Å². The van der Waals surface area contributed by atoms with Crippen LogP contribution in [0.3, 0.4) is 0 Å². The summed E-state index contributed by atoms with van der Waals surface area (Å²) in [5.41, 5.74) is 5.92. The van der Waals surface area contributed by atoms with E-state index in [1.165, 1.54) is 0 Å². The lowest BCUT2D eigenvalue weighted by Crippen LogP contribution is -2.46. The van der Waals surface area contributed by atoms with Gasteiger partial charge in [-0.1, -0.05) is 0 Å². The van der Waals surface area contributed by atoms with Gasteiger partial charge in [0.25, 0.3) is 0 Å². The van der Waals surface area contributed by atoms with Crippen LogP contribution in [0, 0.1) is 0 Å². The molecule has 15 heavy (non-hydrogen) atoms. The first-order valence-electron chi connectivity index (χ1n) is 5.95. The normalized spacial score (nSPS) is 37.1. The Morgan fingerprint density at radius 1 is 1.40 bits per heavy atom. The summed E-state index contributed by atoms with van der Waals surface area (Å²) < 4.78 is 0. The summed E-state index contributed by atoms with van der Waals surface area (Å²) >= 11 is 0. The molecule has 3 N–H and O–H groups in total. The van der Waals surface area contributed by atoms with Gasteiger partial charge >= 0.3 is 0 Å². The highest BCUT2D eigenvalue weighted by molar-refractivity contribution is 5.81. The highest BCUT2D eigenvalue weighted by Gasteiger charge is 2.37. The third-order valence-electron chi connectivity index (χ3n) is 3.76. The number of carbonyl (C=O) groups is 1. The second kappa shape index (κ2) is 4.49. The highest BCUT2D eigenvalue weighted by Crippen LogP contribution is 2.29. The number of nitrogens with zero attached hydrogens (tertiary/aromatic N) is 1. The van der Waals surface area contributed by atoms with Crippen LogP contribution < -0.4 is 11.1 Å². The molecule has 0 aromatic carbocycles. The number of amides is 1. The van der Waals surface area contributed by atoms with Gasteiger partial charge in [0.2, 0.25) is 5.91 Å². The minimum atomic E-state index is 0.102. The van der Waals surface area contributed by atoms with Crippen molar-refractivity contribution in [3.63, 3.8) is 0 Å². The Hall–Kier alpha value is -0.610. The lowest BCUT2D eigenvalue weighted by atomic mass is 10.1. The van der Waals surface area contributed by atoms with E-state index in [2.05, 4.69) is 10.2 Å². The molecule has 0 aromatic rings. The lowest BCUT2D eigenvalue weighted by molar-refractivity contribution is -0.125. The van der Waals surface area contributed by atoms with Crippen LogP contribution in [0.4, 0.5) is 0 Å². The van der Waals surface area contributed by atoms with Gasteiger partial charge in [-0.3, -0.25) is 9.69 Å². The van der Waals surface area contributed by atoms with Crippen LogP contribution in [0.2, 0.25) is 0 Å². The number of likely N-dealkylation sites (tertiary alicyclic amines) is 1. The first-order valence-corrected chi connectivity index (χ1v) is 5.95. The molecule has 0 radical (unpaired) electrons. The van der Waals surface area contributed by atoms with E-state index >= 15 is 0 Å². The number of hydrogen-bond donors (Lipinski definition) is 2. The van der Waals surface area contributed by atoms with E-state index in [0.717, 1.165) is 38.6 Å². The molecule has 2 aliphatic rings. The average Bonchev–Trinajstić information content (AvgIpc) is 2.84. The van der Waals surface area contributed by atoms with E-state index < -0.39 is 0 Å². The lowest BCUT2D eigenvalue weighted by Gasteiger charge is -2.29. The Labute approximate surface area is 91.2 Å². The van der Waals surface area contributed by atoms with Crippen molar-refractivity contribution in [2.75, 3.05) is 13.6 Å². The zero-order chi connectivity index (χ0) is 10.8. The van der Waals surface area contributed by atoms with Gasteiger partial charge < -0.3 is 11.1 Å². The van der Waals surface area contributed by atoms with Crippen LogP contribution in [0.5, 0.6) is 0 Å². The van der Waals surface area contributed by atoms with Crippen LogP contribution in [-0.2, 0) is 4.79 Å². The maximum atomic E-state index is 11.7. The SMILES string of the molecule is CNC(=O)C1CCCN1C1CCC(N)C1. The molecule has 1 aliphatic carbocycles. The summed E-state index contributed by atoms with van der Waals surface area (Å²) in [7, 11) is 1.72. The maximum Gasteiger partial charge on any atom is 0.237 e. The number of carbonyl (C=O) groups excluding carboxylic acids is 1. The predicted molar refractivity (Wildman–Crippen MR) is 59.4 cm³/mol. The topological polar surface area (TPSA) is 58.4 Å². The van der Waals surface area contributed by atoms with Gasteiger partial charge in [0.15, 0.2) is 0 Å². The summed E-state index contributed by atoms with van der Waals surface area (Å²) in [6.45, 7) is 1.06. The molecular weight excluding hydrogens is 190 g/mol. The molecule has 2 rings (SSSR count). The molecule has 3 unspecified atom stereocenters. The van der Waals surface area contributed by atoms with Crippen molar-refractivity contribution in [2.45, 2.75) is 50.2 Å². The predicted octanol–water partition coefficient (Wildman–Crippen LogP) is 0.0766. The second-order valence-corrected chi connectivity index (χ2v) is 4.74. The van der Waals surface area contributed by atoms with Crippen molar-refractivity contribution >= 4 is 5.91 Å². The molecule has 0 spiro atoms. The maximum absolute atomic E-state index is 11.7. The largest absolute Gasteiger partial charge is 0.358 e. The number of nitrogens with two attached hydrogens (primary N) is 1. The molecule has 1 saturated heterocycles. The Balaban J connectivity index is 1.98. The average molecular weight is 211 g/mol. The minimum Gasteiger partial charge on any atom is -0.358 e. The zero-order valence-electron chi connectivity index (χ0n) is 9.41. The smallest absolute Gasteiger partial charge is 0.237 e. The summed E-state index contributed by atoms with van der Waals surface area (Å²) in [6, 6.07) is 0.996. The van der Waals surface area contributed by atoms with Crippen molar-refractivity contribution in [2.24, 2.45) is 5.73 Å². The molecular formula is C11H21N3O. The molecule has 4 nitrogen and oxygen atoms in total. The standard InChI is InChI=1S/C11H21N3O/c1-13-11(15)10-3-2-6-14(10)9-5-4-8(12)7-9/h8-10H,2-7,12H2,1H3,(H,13,15). The van der Waals surface area contributed by atoms with Gasteiger partial charge in [0.05, 0.1) is 6.04 Å². The van der Waals surface area contributed by atoms with Crippen LogP contribution in [0.1, 0.15) is 32.1 Å². The molecule has 86 valence electrons. The first-order chi connectivity index (χ1) is 7.22. The van der Waals surface area contributed by atoms with Crippen molar-refractivity contribution in [1.29, 1.82) is 0 Å². The van der Waals surface area contributed by atoms with Crippen molar-refractivity contribution in [3.8, 4) is 0 Å². The summed E-state index contributed by atoms with van der Waals surface area (Å²) in [6.07, 6.45) is 5.49. The number of likely N-dealkylation sites (N-methyl/N-ethyl adjacent to an activating group) is 1. The summed E-state index contributed by atoms with van der Waals surface area (Å²) in [5.74, 6) is 0.174. The first kappa shape index (κ1) is 10.9. The fourth-order valence-corrected chi connectivity index (χ4v) is 2.97. The molecule has 0 aromatic heterocycles. The molecule has 1 heterocycles. The summed E-state index contributed by atoms with van der Waals surface area (Å²) in [4.78, 5) is 14.0. The molecule has 1 amide bonds. The third kappa shape index (κ3) is 2.16. The van der Waals surface area contributed by atoms with Crippen molar-refractivity contribution < 1.29 is 4.79 Å². The fourth-order valence-electron chi connectivity index (χ4n) is 2.97. The van der Waals surface area contributed by atoms with Crippen LogP contribution in [0.25, 0.3) is 0 Å². The summed E-state index contributed by atoms with van der Waals surface area (Å²) in [5, 5.41) is 2.76. The molecule has 4 heteroatoms. The number of hydrogen-bond acceptors (Lipinski definition) is 3. The molecule has 2 fully saturated rings. The van der Waals surface area contributed by atoms with Crippen molar-refractivity contribution in [3.05, 3.63) is 0 Å². The van der Waals surface area contributed by atoms with Gasteiger partial charge in [-0.15, -0.1) is 0 Å². The Morgan fingerprint density at radius 2 is 2.20 bits per heavy atom. The zero-order valence-corrected chi connectivity index (χ0v) is 9.41. The minimum absolute atomic E-state index is 0.102. The third-order valence-corrected chi connectivity index (χ3v) is 3.76. The number of nitrogens with one attached hydrogen (secondary N) is 1. The van der Waals surface area contributed by atoms with Crippen LogP contribution in [-0.4, -0.2) is 42.5 Å². The fraction of sp³-hybridized carbons (Fsp3) is 0.909. The van der Waals surface area contributed by atoms with E-state index in [1.54, 1.807) is 7.05 Å². The van der Waals surface area contributed by atoms with Crippen LogP contribution >= 0.6 is 0 Å². The van der Waals surface area contributed by atoms with E-state index in [0.29, 0.717) is 12.1 Å². The Bertz CT molecular complexity index is 244. The molecule has 1 aliphatic heterocycles. The highest BCUT2D eigenvalue weighted by atomic mass is 16.2. The van der Waals surface area contributed by atoms with Gasteiger partial charge in [-0.25, -0.2) is 0 Å². The quantitative estimate of drug-likeness (QED) is 0.680. The van der Waals surface area contributed by atoms with Crippen molar-refractivity contribution in [1.82, 2.24) is 10.2 Å². The molecule has 0 bridgehead atoms. The van der Waals surface area contributed by atoms with E-state index in [-0.39, 0.29) is 11.9 Å². The Kier molecular flexibility index (Phi) is 3.26. The van der Waals surface area contributed by atoms with Gasteiger partial charge in [0.1, 0.15) is 0 Å². The van der Waals surface area contributed by atoms with E-state index in [9.17, 15) is 4.79 Å². The molecule has 3 atom stereocenters. The van der Waals surface area contributed by atoms with E-state index in [4.69, 9.17) is 5.73 Å². The van der Waals surface area contributed by atoms with Crippen LogP contribution in [0.15, 0.2) is 0 Å². The van der Waals surface area contributed by atoms with Gasteiger partial charge in [0, 0.05) is 19.1 Å². The molecule has 1 saturated carbocycles. The Morgan fingerprint density at radius 3 is 2.80 bits per heavy atom. The number of rotatable bonds is 2. The second-order valence-electron chi connectivity index (χ2n) is 4.74. The monoisotopic (exact) mass is 211 g/mol. The van der Waals surface area contributed by atoms with Gasteiger partial charge in [-0.05, 0) is 38.6 Å². The van der Waals surface area contributed by atoms with Gasteiger partial charge in [-0.2, -0.15) is 0 Å².